The molecular weight excluding hydrogens is 436 g/mol. The Labute approximate surface area is 205 Å². The Morgan fingerprint density at radius 1 is 1.06 bits per heavy atom. The quantitative estimate of drug-likeness (QED) is 0.366. The first-order valence-electron chi connectivity index (χ1n) is 11.7. The van der Waals surface area contributed by atoms with Gasteiger partial charge in [-0.3, -0.25) is 14.5 Å². The predicted octanol–water partition coefficient (Wildman–Crippen LogP) is 5.55. The van der Waals surface area contributed by atoms with Crippen molar-refractivity contribution in [3.8, 4) is 23.0 Å². The molecule has 176 valence electrons. The average molecular weight is 465 g/mol. The van der Waals surface area contributed by atoms with Gasteiger partial charge in [-0.1, -0.05) is 42.8 Å². The summed E-state index contributed by atoms with van der Waals surface area (Å²) in [5, 5.41) is 14.6. The Bertz CT molecular complexity index is 1420. The summed E-state index contributed by atoms with van der Waals surface area (Å²) in [4.78, 5) is 27.6. The Hall–Kier alpha value is -4.24. The maximum absolute atomic E-state index is 13.5. The lowest BCUT2D eigenvalue weighted by atomic mass is 9.91. The average Bonchev–Trinajstić information content (AvgIpc) is 3.27. The van der Waals surface area contributed by atoms with Crippen molar-refractivity contribution in [3.05, 3.63) is 88.1 Å². The highest BCUT2D eigenvalue weighted by atomic mass is 16.2. The Balaban J connectivity index is 1.97. The predicted molar refractivity (Wildman–Crippen MR) is 136 cm³/mol. The van der Waals surface area contributed by atoms with E-state index in [-0.39, 0.29) is 17.5 Å². The smallest absolute Gasteiger partial charge is 0.271 e. The fourth-order valence-corrected chi connectivity index (χ4v) is 4.24. The number of rotatable bonds is 5. The number of para-hydroxylation sites is 1. The standard InChI is InChI=1S/C29H28N4O2/c1-6-20(4)33-28(34)25(21(5)26(16-30)29(33)35)15-22-17-32(23-10-8-7-9-11-23)31-27(22)24-14-18(2)12-13-19(24)3/h7-15,17,20H,6H2,1-5H3/b25-15+. The van der Waals surface area contributed by atoms with E-state index < -0.39 is 5.91 Å². The molecule has 6 heteroatoms. The molecule has 1 aliphatic heterocycles. The van der Waals surface area contributed by atoms with E-state index in [1.165, 1.54) is 4.90 Å². The molecule has 0 saturated carbocycles. The van der Waals surface area contributed by atoms with Gasteiger partial charge in [-0.05, 0) is 69.5 Å². The molecule has 0 N–H and O–H groups in total. The third kappa shape index (κ3) is 4.33. The summed E-state index contributed by atoms with van der Waals surface area (Å²) in [7, 11) is 0. The number of imide groups is 1. The van der Waals surface area contributed by atoms with Gasteiger partial charge in [0, 0.05) is 28.9 Å². The number of nitrogens with zero attached hydrogens (tertiary/aromatic N) is 4. The third-order valence-electron chi connectivity index (χ3n) is 6.52. The van der Waals surface area contributed by atoms with Crippen LogP contribution in [0, 0.1) is 25.2 Å². The molecule has 35 heavy (non-hydrogen) atoms. The van der Waals surface area contributed by atoms with Crippen LogP contribution in [0.5, 0.6) is 0 Å². The molecule has 1 atom stereocenters. The maximum atomic E-state index is 13.5. The minimum atomic E-state index is -0.531. The number of aromatic nitrogens is 2. The highest BCUT2D eigenvalue weighted by Crippen LogP contribution is 2.33. The molecule has 0 spiro atoms. The van der Waals surface area contributed by atoms with Crippen LogP contribution in [0.3, 0.4) is 0 Å². The van der Waals surface area contributed by atoms with E-state index in [4.69, 9.17) is 5.10 Å². The minimum absolute atomic E-state index is 0.000104. The van der Waals surface area contributed by atoms with Gasteiger partial charge < -0.3 is 0 Å². The number of hydrogen-bond donors (Lipinski definition) is 0. The first-order chi connectivity index (χ1) is 16.8. The van der Waals surface area contributed by atoms with E-state index in [1.54, 1.807) is 17.7 Å². The first kappa shape index (κ1) is 23.9. The lowest BCUT2D eigenvalue weighted by molar-refractivity contribution is -0.142. The van der Waals surface area contributed by atoms with Gasteiger partial charge in [0.2, 0.25) is 0 Å². The number of nitriles is 1. The van der Waals surface area contributed by atoms with Crippen LogP contribution in [0.15, 0.2) is 71.4 Å². The highest BCUT2D eigenvalue weighted by molar-refractivity contribution is 6.20. The van der Waals surface area contributed by atoms with Crippen molar-refractivity contribution in [1.29, 1.82) is 5.26 Å². The van der Waals surface area contributed by atoms with Gasteiger partial charge >= 0.3 is 0 Å². The zero-order valence-electron chi connectivity index (χ0n) is 20.7. The van der Waals surface area contributed by atoms with Crippen LogP contribution in [0.2, 0.25) is 0 Å². The van der Waals surface area contributed by atoms with Gasteiger partial charge in [0.15, 0.2) is 0 Å². The second-order valence-corrected chi connectivity index (χ2v) is 8.94. The van der Waals surface area contributed by atoms with Crippen molar-refractivity contribution in [2.45, 2.75) is 47.1 Å². The summed E-state index contributed by atoms with van der Waals surface area (Å²) < 4.78 is 1.79. The van der Waals surface area contributed by atoms with Crippen LogP contribution in [-0.2, 0) is 9.59 Å². The van der Waals surface area contributed by atoms with Crippen LogP contribution < -0.4 is 0 Å². The SMILES string of the molecule is CCC(C)N1C(=O)C(C#N)=C(C)/C(=C\c2cn(-c3ccccc3)nc2-c2cc(C)ccc2C)C1=O. The van der Waals surface area contributed by atoms with E-state index in [2.05, 4.69) is 18.2 Å². The van der Waals surface area contributed by atoms with Gasteiger partial charge in [0.05, 0.1) is 5.69 Å². The van der Waals surface area contributed by atoms with Crippen molar-refractivity contribution < 1.29 is 9.59 Å². The van der Waals surface area contributed by atoms with Crippen LogP contribution in [-0.4, -0.2) is 32.5 Å². The Morgan fingerprint density at radius 2 is 1.77 bits per heavy atom. The third-order valence-corrected chi connectivity index (χ3v) is 6.52. The number of carbonyl (C=O) groups is 2. The first-order valence-corrected chi connectivity index (χ1v) is 11.7. The molecular formula is C29H28N4O2. The van der Waals surface area contributed by atoms with E-state index in [0.29, 0.717) is 17.6 Å². The molecule has 2 aromatic carbocycles. The van der Waals surface area contributed by atoms with Crippen molar-refractivity contribution in [2.24, 2.45) is 0 Å². The molecule has 0 bridgehead atoms. The van der Waals surface area contributed by atoms with Crippen LogP contribution in [0.4, 0.5) is 0 Å². The summed E-state index contributed by atoms with van der Waals surface area (Å²) in [5.41, 5.74) is 6.21. The Kier molecular flexibility index (Phi) is 6.52. The monoisotopic (exact) mass is 464 g/mol. The number of benzene rings is 2. The normalized spacial score (nSPS) is 16.1. The van der Waals surface area contributed by atoms with Crippen LogP contribution in [0.25, 0.3) is 23.0 Å². The molecule has 0 aliphatic carbocycles. The molecule has 0 fully saturated rings. The number of hydrogen-bond acceptors (Lipinski definition) is 4. The molecule has 2 heterocycles. The second-order valence-electron chi connectivity index (χ2n) is 8.94. The molecule has 6 nitrogen and oxygen atoms in total. The highest BCUT2D eigenvalue weighted by Gasteiger charge is 2.37. The largest absolute Gasteiger partial charge is 0.271 e. The van der Waals surface area contributed by atoms with Crippen molar-refractivity contribution in [3.63, 3.8) is 0 Å². The number of amides is 2. The van der Waals surface area contributed by atoms with Gasteiger partial charge in [0.1, 0.15) is 17.3 Å². The number of carbonyl (C=O) groups excluding carboxylic acids is 2. The van der Waals surface area contributed by atoms with Gasteiger partial charge in [-0.25, -0.2) is 4.68 Å². The fourth-order valence-electron chi connectivity index (χ4n) is 4.24. The summed E-state index contributed by atoms with van der Waals surface area (Å²) in [6.45, 7) is 9.45. The zero-order valence-corrected chi connectivity index (χ0v) is 20.7. The van der Waals surface area contributed by atoms with Crippen molar-refractivity contribution >= 4 is 17.9 Å². The van der Waals surface area contributed by atoms with E-state index in [0.717, 1.165) is 33.6 Å². The minimum Gasteiger partial charge on any atom is -0.271 e. The Morgan fingerprint density at radius 3 is 2.43 bits per heavy atom. The molecule has 4 rings (SSSR count). The van der Waals surface area contributed by atoms with E-state index in [9.17, 15) is 14.9 Å². The molecule has 1 aliphatic rings. The topological polar surface area (TPSA) is 79.0 Å². The molecule has 0 radical (unpaired) electrons. The molecule has 1 aromatic heterocycles. The van der Waals surface area contributed by atoms with Gasteiger partial charge in [-0.15, -0.1) is 0 Å². The lowest BCUT2D eigenvalue weighted by Crippen LogP contribution is -2.47. The maximum Gasteiger partial charge on any atom is 0.271 e. The van der Waals surface area contributed by atoms with Crippen molar-refractivity contribution in [2.75, 3.05) is 0 Å². The zero-order chi connectivity index (χ0) is 25.3. The molecule has 3 aromatic rings. The molecule has 0 saturated heterocycles. The van der Waals surface area contributed by atoms with E-state index >= 15 is 0 Å². The summed E-state index contributed by atoms with van der Waals surface area (Å²) in [5.74, 6) is -0.920. The summed E-state index contributed by atoms with van der Waals surface area (Å²) in [6.07, 6.45) is 4.25. The van der Waals surface area contributed by atoms with E-state index in [1.807, 2.05) is 70.3 Å². The van der Waals surface area contributed by atoms with Gasteiger partial charge in [0.25, 0.3) is 11.8 Å². The second kappa shape index (κ2) is 9.55. The van der Waals surface area contributed by atoms with Crippen molar-refractivity contribution in [1.82, 2.24) is 14.7 Å². The van der Waals surface area contributed by atoms with Gasteiger partial charge in [-0.2, -0.15) is 10.4 Å². The fraction of sp³-hybridized carbons (Fsp3) is 0.241. The van der Waals surface area contributed by atoms with Crippen LogP contribution >= 0.6 is 0 Å². The van der Waals surface area contributed by atoms with Crippen LogP contribution in [0.1, 0.15) is 43.9 Å². The summed E-state index contributed by atoms with van der Waals surface area (Å²) >= 11 is 0. The molecule has 1 unspecified atom stereocenters. The summed E-state index contributed by atoms with van der Waals surface area (Å²) in [6, 6.07) is 17.6. The number of aryl methyl sites for hydroxylation is 2. The molecule has 2 amide bonds. The lowest BCUT2D eigenvalue weighted by Gasteiger charge is -2.31.